The first-order valence-electron chi connectivity index (χ1n) is 35.2. The molecular formula is C69H130O17P2. The SMILES string of the molecule is CCCCCC/C=C\C=C/CCCCCCCC(=O)OC[C@H](COP(=O)(O)OC[C@@H](O)COP(=O)(O)OC[C@@H](COC(=O)CCCCCCCCC(C)CC)OC(=O)CCCCCCCCCCC(C)C)OC(=O)CCCCCCCCCCC(C)CC. The lowest BCUT2D eigenvalue weighted by Gasteiger charge is -2.21. The first-order valence-corrected chi connectivity index (χ1v) is 38.2. The number of carbonyl (C=O) groups is 4. The van der Waals surface area contributed by atoms with Gasteiger partial charge in [-0.3, -0.25) is 37.3 Å². The number of esters is 4. The lowest BCUT2D eigenvalue weighted by atomic mass is 9.99. The monoisotopic (exact) mass is 1290 g/mol. The fraction of sp³-hybridized carbons (Fsp3) is 0.884. The highest BCUT2D eigenvalue weighted by Gasteiger charge is 2.30. The fourth-order valence-electron chi connectivity index (χ4n) is 9.76. The van der Waals surface area contributed by atoms with Crippen molar-refractivity contribution in [2.24, 2.45) is 17.8 Å². The third-order valence-corrected chi connectivity index (χ3v) is 17.9. The molecule has 0 radical (unpaired) electrons. The molecule has 88 heavy (non-hydrogen) atoms. The number of phosphoric acid groups is 2. The molecule has 4 unspecified atom stereocenters. The van der Waals surface area contributed by atoms with Crippen molar-refractivity contribution in [3.05, 3.63) is 24.3 Å². The van der Waals surface area contributed by atoms with E-state index in [4.69, 9.17) is 37.0 Å². The van der Waals surface area contributed by atoms with Crippen molar-refractivity contribution in [1.82, 2.24) is 0 Å². The minimum absolute atomic E-state index is 0.0975. The van der Waals surface area contributed by atoms with E-state index in [1.165, 1.54) is 103 Å². The maximum atomic E-state index is 13.0. The largest absolute Gasteiger partial charge is 0.472 e. The van der Waals surface area contributed by atoms with Crippen LogP contribution < -0.4 is 0 Å². The highest BCUT2D eigenvalue weighted by atomic mass is 31.2. The number of aliphatic hydroxyl groups excluding tert-OH is 1. The van der Waals surface area contributed by atoms with Crippen LogP contribution in [0.2, 0.25) is 0 Å². The number of aliphatic hydroxyl groups is 1. The highest BCUT2D eigenvalue weighted by Crippen LogP contribution is 2.45. The summed E-state index contributed by atoms with van der Waals surface area (Å²) >= 11 is 0. The van der Waals surface area contributed by atoms with Gasteiger partial charge in [0.15, 0.2) is 12.2 Å². The van der Waals surface area contributed by atoms with Crippen LogP contribution in [0.4, 0.5) is 0 Å². The predicted molar refractivity (Wildman–Crippen MR) is 354 cm³/mol. The van der Waals surface area contributed by atoms with Crippen molar-refractivity contribution in [2.75, 3.05) is 39.6 Å². The van der Waals surface area contributed by atoms with Gasteiger partial charge in [-0.1, -0.05) is 265 Å². The van der Waals surface area contributed by atoms with Crippen molar-refractivity contribution in [1.29, 1.82) is 0 Å². The number of unbranched alkanes of at least 4 members (excludes halogenated alkanes) is 28. The van der Waals surface area contributed by atoms with Crippen molar-refractivity contribution in [3.8, 4) is 0 Å². The fourth-order valence-corrected chi connectivity index (χ4v) is 11.3. The van der Waals surface area contributed by atoms with E-state index >= 15 is 0 Å². The zero-order valence-corrected chi connectivity index (χ0v) is 58.5. The molecule has 0 aromatic rings. The maximum absolute atomic E-state index is 13.0. The summed E-state index contributed by atoms with van der Waals surface area (Å²) < 4.78 is 68.2. The Hall–Kier alpha value is -2.46. The van der Waals surface area contributed by atoms with E-state index in [9.17, 15) is 43.2 Å². The molecule has 0 spiro atoms. The highest BCUT2D eigenvalue weighted by molar-refractivity contribution is 7.47. The van der Waals surface area contributed by atoms with E-state index in [-0.39, 0.29) is 25.7 Å². The molecule has 17 nitrogen and oxygen atoms in total. The number of ether oxygens (including phenoxy) is 4. The summed E-state index contributed by atoms with van der Waals surface area (Å²) in [4.78, 5) is 72.4. The van der Waals surface area contributed by atoms with Crippen LogP contribution in [0.3, 0.4) is 0 Å². The summed E-state index contributed by atoms with van der Waals surface area (Å²) in [5, 5.41) is 10.6. The topological polar surface area (TPSA) is 237 Å². The lowest BCUT2D eigenvalue weighted by molar-refractivity contribution is -0.161. The van der Waals surface area contributed by atoms with E-state index in [1.54, 1.807) is 0 Å². The van der Waals surface area contributed by atoms with Crippen LogP contribution in [-0.4, -0.2) is 96.7 Å². The number of phosphoric ester groups is 2. The van der Waals surface area contributed by atoms with Crippen molar-refractivity contribution in [2.45, 2.75) is 336 Å². The van der Waals surface area contributed by atoms with Crippen molar-refractivity contribution in [3.63, 3.8) is 0 Å². The molecule has 0 saturated heterocycles. The first-order chi connectivity index (χ1) is 42.3. The van der Waals surface area contributed by atoms with Crippen molar-refractivity contribution >= 4 is 39.5 Å². The molecule has 0 saturated carbocycles. The predicted octanol–water partition coefficient (Wildman–Crippen LogP) is 19.0. The number of carbonyl (C=O) groups excluding carboxylic acids is 4. The van der Waals surface area contributed by atoms with Gasteiger partial charge in [0.05, 0.1) is 26.4 Å². The summed E-state index contributed by atoms with van der Waals surface area (Å²) in [7, 11) is -9.91. The van der Waals surface area contributed by atoms with Gasteiger partial charge in [-0.25, -0.2) is 9.13 Å². The molecule has 0 aromatic heterocycles. The Balaban J connectivity index is 5.29. The standard InChI is InChI=1S/C69H130O17P2/c1-8-11-12-13-14-15-16-17-18-19-20-21-28-36-43-50-66(71)79-56-64(85-69(74)53-46-39-30-25-23-27-34-41-48-61(6)9-2)58-83-87(75,76)81-54-63(70)55-82-88(77,78)84-59-65(57-80-67(72)51-44-37-32-31-35-42-49-62(7)10-3)86-68(73)52-45-38-29-24-22-26-33-40-47-60(4)5/h15-18,60-65,70H,8-14,19-59H2,1-7H3,(H,75,76)(H,77,78)/b16-15-,18-17-/t61?,62?,63-,64-,65-/m1/s1. The first kappa shape index (κ1) is 85.5. The van der Waals surface area contributed by atoms with Gasteiger partial charge in [-0.2, -0.15) is 0 Å². The second-order valence-corrected chi connectivity index (χ2v) is 28.1. The Morgan fingerprint density at radius 3 is 1.01 bits per heavy atom. The molecule has 0 aliphatic heterocycles. The molecule has 3 N–H and O–H groups in total. The summed E-state index contributed by atoms with van der Waals surface area (Å²) in [6.45, 7) is 11.7. The van der Waals surface area contributed by atoms with Gasteiger partial charge in [0, 0.05) is 25.7 Å². The Morgan fingerprint density at radius 1 is 0.375 bits per heavy atom. The van der Waals surface area contributed by atoms with Crippen LogP contribution in [0.25, 0.3) is 0 Å². The number of hydrogen-bond donors (Lipinski definition) is 3. The normalized spacial score (nSPS) is 15.0. The molecule has 0 amide bonds. The molecule has 0 aliphatic rings. The van der Waals surface area contributed by atoms with E-state index in [2.05, 4.69) is 72.8 Å². The van der Waals surface area contributed by atoms with E-state index < -0.39 is 97.5 Å². The number of rotatable bonds is 65. The molecule has 7 atom stereocenters. The summed E-state index contributed by atoms with van der Waals surface area (Å²) in [6.07, 6.45) is 45.3. The molecule has 0 fully saturated rings. The Labute approximate surface area is 535 Å². The van der Waals surface area contributed by atoms with Gasteiger partial charge in [0.1, 0.15) is 19.3 Å². The van der Waals surface area contributed by atoms with E-state index in [0.29, 0.717) is 31.6 Å². The third-order valence-electron chi connectivity index (χ3n) is 16.0. The molecule has 0 aromatic carbocycles. The Kier molecular flexibility index (Phi) is 57.9. The summed E-state index contributed by atoms with van der Waals surface area (Å²) in [5.74, 6) is 0.0495. The summed E-state index contributed by atoms with van der Waals surface area (Å²) in [5.41, 5.74) is 0. The average Bonchev–Trinajstić information content (AvgIpc) is 3.58. The second-order valence-electron chi connectivity index (χ2n) is 25.2. The Bertz CT molecular complexity index is 1830. The molecule has 0 aliphatic carbocycles. The van der Waals surface area contributed by atoms with E-state index in [0.717, 1.165) is 127 Å². The molecular weight excluding hydrogens is 1160 g/mol. The van der Waals surface area contributed by atoms with Gasteiger partial charge in [0.2, 0.25) is 0 Å². The van der Waals surface area contributed by atoms with Crippen LogP contribution in [0.1, 0.15) is 318 Å². The van der Waals surface area contributed by atoms with Gasteiger partial charge >= 0.3 is 39.5 Å². The van der Waals surface area contributed by atoms with Crippen LogP contribution in [0.5, 0.6) is 0 Å². The quantitative estimate of drug-likeness (QED) is 0.0169. The van der Waals surface area contributed by atoms with Crippen LogP contribution in [0, 0.1) is 17.8 Å². The number of hydrogen-bond acceptors (Lipinski definition) is 15. The maximum Gasteiger partial charge on any atom is 0.472 e. The number of allylic oxidation sites excluding steroid dienone is 4. The molecule has 518 valence electrons. The van der Waals surface area contributed by atoms with Crippen molar-refractivity contribution < 1.29 is 80.2 Å². The average molecular weight is 1290 g/mol. The summed E-state index contributed by atoms with van der Waals surface area (Å²) in [6, 6.07) is 0. The van der Waals surface area contributed by atoms with Gasteiger partial charge < -0.3 is 33.8 Å². The molecule has 0 rings (SSSR count). The van der Waals surface area contributed by atoms with E-state index in [1.807, 2.05) is 0 Å². The van der Waals surface area contributed by atoms with Gasteiger partial charge in [0.25, 0.3) is 0 Å². The van der Waals surface area contributed by atoms with Crippen LogP contribution in [0.15, 0.2) is 24.3 Å². The second kappa shape index (κ2) is 59.5. The zero-order valence-electron chi connectivity index (χ0n) is 56.7. The zero-order chi connectivity index (χ0) is 65.2. The molecule has 0 heterocycles. The molecule has 19 heteroatoms. The Morgan fingerprint density at radius 2 is 0.670 bits per heavy atom. The lowest BCUT2D eigenvalue weighted by Crippen LogP contribution is -2.30. The molecule has 0 bridgehead atoms. The minimum atomic E-state index is -4.96. The van der Waals surface area contributed by atoms with Crippen LogP contribution in [-0.2, 0) is 65.4 Å². The van der Waals surface area contributed by atoms with Crippen LogP contribution >= 0.6 is 15.6 Å². The van der Waals surface area contributed by atoms with Gasteiger partial charge in [-0.05, 0) is 69.1 Å². The van der Waals surface area contributed by atoms with Gasteiger partial charge in [-0.15, -0.1) is 0 Å². The minimum Gasteiger partial charge on any atom is -0.462 e. The smallest absolute Gasteiger partial charge is 0.462 e. The third kappa shape index (κ3) is 59.8.